The van der Waals surface area contributed by atoms with Crippen LogP contribution in [0.5, 0.6) is 0 Å². The van der Waals surface area contributed by atoms with Crippen LogP contribution >= 0.6 is 0 Å². The number of nitrogens with one attached hydrogen (secondary N) is 1. The molecule has 3 atom stereocenters. The zero-order valence-electron chi connectivity index (χ0n) is 10.4. The topological polar surface area (TPSA) is 139 Å². The van der Waals surface area contributed by atoms with Crippen molar-refractivity contribution in [1.82, 2.24) is 9.55 Å². The summed E-state index contributed by atoms with van der Waals surface area (Å²) in [5.41, 5.74) is 7.27. The highest BCUT2D eigenvalue weighted by Crippen LogP contribution is 2.30. The molecule has 2 rings (SSSR count). The molecule has 0 aliphatic carbocycles. The minimum atomic E-state index is -1.08. The van der Waals surface area contributed by atoms with E-state index in [1.807, 2.05) is 0 Å². The summed E-state index contributed by atoms with van der Waals surface area (Å²) in [7, 11) is 1.18. The highest BCUT2D eigenvalue weighted by Gasteiger charge is 2.41. The number of nitrogens with zero attached hydrogens (tertiary/aromatic N) is 4. The average Bonchev–Trinajstić information content (AvgIpc) is 2.82. The van der Waals surface area contributed by atoms with Crippen molar-refractivity contribution in [2.75, 3.05) is 7.11 Å². The van der Waals surface area contributed by atoms with Gasteiger partial charge in [0.25, 0.3) is 5.56 Å². The SMILES string of the molecule is COC(=O)[C@H]1O[C@@H](n2ccc(=O)[nH]c2=O)CC1N=[N+]=[N-]. The van der Waals surface area contributed by atoms with Gasteiger partial charge in [0, 0.05) is 23.6 Å². The summed E-state index contributed by atoms with van der Waals surface area (Å²) in [6, 6.07) is 0.370. The predicted octanol–water partition coefficient (Wildman–Crippen LogP) is -0.324. The summed E-state index contributed by atoms with van der Waals surface area (Å²) >= 11 is 0. The molecule has 0 bridgehead atoms. The summed E-state index contributed by atoms with van der Waals surface area (Å²) in [5, 5.41) is 3.46. The van der Waals surface area contributed by atoms with Gasteiger partial charge in [-0.3, -0.25) is 14.3 Å². The second-order valence-electron chi connectivity index (χ2n) is 4.06. The molecule has 1 aromatic rings. The Morgan fingerprint density at radius 2 is 2.40 bits per heavy atom. The molecule has 1 fully saturated rings. The quantitative estimate of drug-likeness (QED) is 0.350. The number of carbonyl (C=O) groups is 1. The lowest BCUT2D eigenvalue weighted by atomic mass is 10.1. The van der Waals surface area contributed by atoms with Crippen molar-refractivity contribution in [2.24, 2.45) is 5.11 Å². The van der Waals surface area contributed by atoms with Crippen molar-refractivity contribution in [1.29, 1.82) is 0 Å². The molecule has 10 heteroatoms. The first kappa shape index (κ1) is 13.8. The number of H-pyrrole nitrogens is 1. The van der Waals surface area contributed by atoms with E-state index in [2.05, 4.69) is 19.7 Å². The van der Waals surface area contributed by atoms with E-state index in [9.17, 15) is 14.4 Å². The van der Waals surface area contributed by atoms with Crippen LogP contribution in [0.15, 0.2) is 27.0 Å². The molecule has 0 amide bonds. The summed E-state index contributed by atoms with van der Waals surface area (Å²) in [5.74, 6) is -0.692. The van der Waals surface area contributed by atoms with Gasteiger partial charge in [0.2, 0.25) is 0 Å². The highest BCUT2D eigenvalue weighted by molar-refractivity contribution is 5.75. The van der Waals surface area contributed by atoms with Crippen molar-refractivity contribution in [3.63, 3.8) is 0 Å². The molecule has 0 saturated carbocycles. The Labute approximate surface area is 111 Å². The molecule has 1 saturated heterocycles. The van der Waals surface area contributed by atoms with Crippen molar-refractivity contribution in [3.8, 4) is 0 Å². The van der Waals surface area contributed by atoms with Crippen LogP contribution < -0.4 is 11.2 Å². The number of methoxy groups -OCH3 is 1. The third kappa shape index (κ3) is 2.56. The van der Waals surface area contributed by atoms with Crippen LogP contribution in [0.25, 0.3) is 10.4 Å². The Kier molecular flexibility index (Phi) is 3.87. The maximum Gasteiger partial charge on any atom is 0.335 e. The Bertz CT molecular complexity index is 673. The minimum absolute atomic E-state index is 0.121. The smallest absolute Gasteiger partial charge is 0.335 e. The van der Waals surface area contributed by atoms with E-state index in [1.54, 1.807) is 0 Å². The van der Waals surface area contributed by atoms with E-state index in [1.165, 1.54) is 13.3 Å². The van der Waals surface area contributed by atoms with E-state index >= 15 is 0 Å². The van der Waals surface area contributed by atoms with E-state index in [-0.39, 0.29) is 6.42 Å². The number of carbonyl (C=O) groups excluding carboxylic acids is 1. The van der Waals surface area contributed by atoms with Gasteiger partial charge in [-0.1, -0.05) is 5.11 Å². The number of hydrogen-bond donors (Lipinski definition) is 1. The van der Waals surface area contributed by atoms with Crippen LogP contribution in [-0.2, 0) is 14.3 Å². The Hall–Kier alpha value is -2.58. The molecule has 106 valence electrons. The highest BCUT2D eigenvalue weighted by atomic mass is 16.6. The summed E-state index contributed by atoms with van der Waals surface area (Å²) in [6.07, 6.45) is -0.535. The second kappa shape index (κ2) is 5.59. The Balaban J connectivity index is 2.32. The fourth-order valence-electron chi connectivity index (χ4n) is 1.98. The molecule has 0 radical (unpaired) electrons. The van der Waals surface area contributed by atoms with Crippen LogP contribution in [0.3, 0.4) is 0 Å². The van der Waals surface area contributed by atoms with Gasteiger partial charge in [0.1, 0.15) is 6.23 Å². The molecular formula is C10H11N5O5. The standard InChI is InChI=1S/C10H11N5O5/c1-19-9(17)8-5(13-14-11)4-7(20-8)15-3-2-6(16)12-10(15)18/h2-3,5,7-8H,4H2,1H3,(H,12,16,18)/t5?,7-,8+/m1/s1. The number of hydrogen-bond acceptors (Lipinski definition) is 6. The van der Waals surface area contributed by atoms with Gasteiger partial charge >= 0.3 is 11.7 Å². The maximum absolute atomic E-state index is 11.6. The number of azide groups is 1. The molecule has 0 aromatic carbocycles. The lowest BCUT2D eigenvalue weighted by Crippen LogP contribution is -2.32. The van der Waals surface area contributed by atoms with E-state index < -0.39 is 35.6 Å². The van der Waals surface area contributed by atoms with Crippen LogP contribution in [-0.4, -0.2) is 34.8 Å². The molecule has 20 heavy (non-hydrogen) atoms. The molecule has 1 unspecified atom stereocenters. The number of aromatic nitrogens is 2. The van der Waals surface area contributed by atoms with Crippen molar-refractivity contribution >= 4 is 5.97 Å². The maximum atomic E-state index is 11.6. The first-order valence-electron chi connectivity index (χ1n) is 5.65. The van der Waals surface area contributed by atoms with Gasteiger partial charge in [-0.05, 0) is 5.53 Å². The lowest BCUT2D eigenvalue weighted by molar-refractivity contribution is -0.155. The summed E-state index contributed by atoms with van der Waals surface area (Å²) in [6.45, 7) is 0. The zero-order chi connectivity index (χ0) is 14.7. The predicted molar refractivity (Wildman–Crippen MR) is 64.8 cm³/mol. The summed E-state index contributed by atoms with van der Waals surface area (Å²) < 4.78 is 11.1. The third-order valence-electron chi connectivity index (χ3n) is 2.89. The summed E-state index contributed by atoms with van der Waals surface area (Å²) in [4.78, 5) is 38.9. The van der Waals surface area contributed by atoms with Gasteiger partial charge in [0.15, 0.2) is 6.10 Å². The fraction of sp³-hybridized carbons (Fsp3) is 0.500. The van der Waals surface area contributed by atoms with Gasteiger partial charge < -0.3 is 9.47 Å². The molecule has 10 nitrogen and oxygen atoms in total. The monoisotopic (exact) mass is 281 g/mol. The van der Waals surface area contributed by atoms with E-state index in [0.717, 1.165) is 10.6 Å². The number of esters is 1. The fourth-order valence-corrected chi connectivity index (χ4v) is 1.98. The average molecular weight is 281 g/mol. The lowest BCUT2D eigenvalue weighted by Gasteiger charge is -2.14. The van der Waals surface area contributed by atoms with Crippen LogP contribution in [0.2, 0.25) is 0 Å². The van der Waals surface area contributed by atoms with Crippen molar-refractivity contribution < 1.29 is 14.3 Å². The van der Waals surface area contributed by atoms with Crippen LogP contribution in [0.1, 0.15) is 12.6 Å². The first-order chi connectivity index (χ1) is 9.56. The number of aromatic amines is 1. The molecule has 0 spiro atoms. The Morgan fingerprint density at radius 3 is 3.00 bits per heavy atom. The Morgan fingerprint density at radius 1 is 1.65 bits per heavy atom. The minimum Gasteiger partial charge on any atom is -0.467 e. The van der Waals surface area contributed by atoms with Gasteiger partial charge in [-0.25, -0.2) is 9.59 Å². The second-order valence-corrected chi connectivity index (χ2v) is 4.06. The van der Waals surface area contributed by atoms with Gasteiger partial charge in [-0.2, -0.15) is 0 Å². The van der Waals surface area contributed by atoms with Gasteiger partial charge in [-0.15, -0.1) is 0 Å². The molecule has 1 aliphatic heterocycles. The number of rotatable bonds is 3. The van der Waals surface area contributed by atoms with Crippen LogP contribution in [0, 0.1) is 0 Å². The molecule has 1 aromatic heterocycles. The van der Waals surface area contributed by atoms with E-state index in [4.69, 9.17) is 10.3 Å². The largest absolute Gasteiger partial charge is 0.467 e. The van der Waals surface area contributed by atoms with Crippen molar-refractivity contribution in [2.45, 2.75) is 24.8 Å². The molecular weight excluding hydrogens is 270 g/mol. The first-order valence-corrected chi connectivity index (χ1v) is 5.65. The zero-order valence-corrected chi connectivity index (χ0v) is 10.4. The van der Waals surface area contributed by atoms with Gasteiger partial charge in [0.05, 0.1) is 13.2 Å². The third-order valence-corrected chi connectivity index (χ3v) is 2.89. The normalized spacial score (nSPS) is 24.9. The van der Waals surface area contributed by atoms with Crippen molar-refractivity contribution in [3.05, 3.63) is 43.5 Å². The van der Waals surface area contributed by atoms with E-state index in [0.29, 0.717) is 0 Å². The molecule has 1 aliphatic rings. The molecule has 2 heterocycles. The van der Waals surface area contributed by atoms with Crippen LogP contribution in [0.4, 0.5) is 0 Å². The molecule has 1 N–H and O–H groups in total. The number of ether oxygens (including phenoxy) is 2.